The van der Waals surface area contributed by atoms with Gasteiger partial charge in [0, 0.05) is 25.3 Å². The average molecular weight is 527 g/mol. The molecular weight excluding hydrogens is 496 g/mol. The molecule has 1 aliphatic carbocycles. The molecule has 36 heavy (non-hydrogen) atoms. The first kappa shape index (κ1) is 25.0. The van der Waals surface area contributed by atoms with Gasteiger partial charge in [0.05, 0.1) is 23.0 Å². The van der Waals surface area contributed by atoms with Crippen LogP contribution in [0.15, 0.2) is 28.0 Å². The lowest BCUT2D eigenvalue weighted by atomic mass is 9.96. The number of rotatable bonds is 5. The molecule has 2 saturated heterocycles. The molecule has 0 atom stereocenters. The van der Waals surface area contributed by atoms with Crippen LogP contribution < -0.4 is 10.5 Å². The van der Waals surface area contributed by atoms with Crippen LogP contribution in [0.1, 0.15) is 56.6 Å². The molecule has 5 rings (SSSR count). The fourth-order valence-corrected chi connectivity index (χ4v) is 6.73. The number of aryl methyl sites for hydroxylation is 1. The molecular formula is C26H30N4O4S2. The van der Waals surface area contributed by atoms with Crippen LogP contribution in [-0.4, -0.2) is 56.2 Å². The number of fused-ring (bicyclic) bond motifs is 1. The summed E-state index contributed by atoms with van der Waals surface area (Å²) in [6, 6.07) is 3.88. The minimum atomic E-state index is -0.225. The summed E-state index contributed by atoms with van der Waals surface area (Å²) >= 11 is 6.82. The van der Waals surface area contributed by atoms with Crippen molar-refractivity contribution < 1.29 is 14.3 Å². The number of hydrogen-bond donors (Lipinski definition) is 0. The van der Waals surface area contributed by atoms with E-state index in [1.807, 2.05) is 30.9 Å². The van der Waals surface area contributed by atoms with Gasteiger partial charge in [-0.25, -0.2) is 4.98 Å². The molecule has 4 heterocycles. The summed E-state index contributed by atoms with van der Waals surface area (Å²) in [4.78, 5) is 48.5. The number of esters is 1. The molecule has 2 aliphatic heterocycles. The molecule has 3 fully saturated rings. The summed E-state index contributed by atoms with van der Waals surface area (Å²) in [5, 5.41) is 0. The lowest BCUT2D eigenvalue weighted by molar-refractivity contribution is -0.148. The number of thioether (sulfide) groups is 1. The number of ether oxygens (including phenoxy) is 1. The van der Waals surface area contributed by atoms with Gasteiger partial charge in [-0.2, -0.15) is 0 Å². The highest BCUT2D eigenvalue weighted by atomic mass is 32.2. The molecule has 0 bridgehead atoms. The van der Waals surface area contributed by atoms with Crippen LogP contribution in [0.5, 0.6) is 0 Å². The first-order chi connectivity index (χ1) is 17.4. The first-order valence-electron chi connectivity index (χ1n) is 12.6. The number of pyridine rings is 1. The van der Waals surface area contributed by atoms with Crippen LogP contribution in [0.4, 0.5) is 5.82 Å². The van der Waals surface area contributed by atoms with E-state index in [-0.39, 0.29) is 29.4 Å². The molecule has 0 N–H and O–H groups in total. The summed E-state index contributed by atoms with van der Waals surface area (Å²) in [5.41, 5.74) is 1.62. The molecule has 10 heteroatoms. The Morgan fingerprint density at radius 3 is 2.64 bits per heavy atom. The van der Waals surface area contributed by atoms with Gasteiger partial charge in [0.1, 0.15) is 15.8 Å². The Kier molecular flexibility index (Phi) is 7.16. The number of aromatic nitrogens is 2. The highest BCUT2D eigenvalue weighted by Gasteiger charge is 2.38. The van der Waals surface area contributed by atoms with Gasteiger partial charge in [0.25, 0.3) is 11.5 Å². The predicted molar refractivity (Wildman–Crippen MR) is 145 cm³/mol. The van der Waals surface area contributed by atoms with Crippen molar-refractivity contribution in [1.29, 1.82) is 0 Å². The topological polar surface area (TPSA) is 84.2 Å². The zero-order valence-corrected chi connectivity index (χ0v) is 22.2. The van der Waals surface area contributed by atoms with Gasteiger partial charge in [-0.3, -0.25) is 23.7 Å². The molecule has 2 aromatic heterocycles. The summed E-state index contributed by atoms with van der Waals surface area (Å²) in [6.07, 6.45) is 8.73. The number of thiocarbonyl (C=S) groups is 1. The monoisotopic (exact) mass is 526 g/mol. The zero-order valence-electron chi connectivity index (χ0n) is 20.6. The first-order valence-corrected chi connectivity index (χ1v) is 13.8. The van der Waals surface area contributed by atoms with Crippen molar-refractivity contribution in [2.75, 3.05) is 24.6 Å². The van der Waals surface area contributed by atoms with Gasteiger partial charge in [-0.1, -0.05) is 42.9 Å². The van der Waals surface area contributed by atoms with Crippen molar-refractivity contribution in [3.05, 3.63) is 44.7 Å². The summed E-state index contributed by atoms with van der Waals surface area (Å²) in [6.45, 7) is 5.24. The Hall–Kier alpha value is -2.72. The quantitative estimate of drug-likeness (QED) is 0.329. The van der Waals surface area contributed by atoms with E-state index in [1.54, 1.807) is 17.2 Å². The minimum absolute atomic E-state index is 0.127. The molecule has 8 nitrogen and oxygen atoms in total. The van der Waals surface area contributed by atoms with Gasteiger partial charge in [0.15, 0.2) is 0 Å². The number of amides is 1. The zero-order chi connectivity index (χ0) is 25.4. The maximum absolute atomic E-state index is 13.7. The smallest absolute Gasteiger partial charge is 0.309 e. The minimum Gasteiger partial charge on any atom is -0.466 e. The van der Waals surface area contributed by atoms with Gasteiger partial charge in [0.2, 0.25) is 0 Å². The van der Waals surface area contributed by atoms with E-state index in [2.05, 4.69) is 0 Å². The van der Waals surface area contributed by atoms with Crippen molar-refractivity contribution in [3.8, 4) is 0 Å². The Morgan fingerprint density at radius 2 is 1.94 bits per heavy atom. The second kappa shape index (κ2) is 10.3. The molecule has 3 aliphatic rings. The predicted octanol–water partition coefficient (Wildman–Crippen LogP) is 3.93. The van der Waals surface area contributed by atoms with Gasteiger partial charge in [-0.15, -0.1) is 0 Å². The van der Waals surface area contributed by atoms with Crippen LogP contribution in [0.3, 0.4) is 0 Å². The Morgan fingerprint density at radius 1 is 1.22 bits per heavy atom. The number of hydrogen-bond acceptors (Lipinski definition) is 8. The lowest BCUT2D eigenvalue weighted by Gasteiger charge is -2.32. The van der Waals surface area contributed by atoms with Crippen LogP contribution >= 0.6 is 24.0 Å². The normalized spacial score (nSPS) is 20.8. The number of carbonyl (C=O) groups excluding carboxylic acids is 2. The third kappa shape index (κ3) is 4.56. The number of anilines is 1. The maximum Gasteiger partial charge on any atom is 0.309 e. The van der Waals surface area contributed by atoms with Crippen molar-refractivity contribution in [2.24, 2.45) is 5.92 Å². The van der Waals surface area contributed by atoms with E-state index in [0.717, 1.165) is 31.2 Å². The molecule has 2 aromatic rings. The largest absolute Gasteiger partial charge is 0.466 e. The Balaban J connectivity index is 1.53. The van der Waals surface area contributed by atoms with Crippen LogP contribution in [-0.2, 0) is 14.3 Å². The third-order valence-electron chi connectivity index (χ3n) is 7.27. The Labute approximate surface area is 219 Å². The van der Waals surface area contributed by atoms with Gasteiger partial charge >= 0.3 is 5.97 Å². The molecule has 1 saturated carbocycles. The number of nitrogens with zero attached hydrogens (tertiary/aromatic N) is 4. The molecule has 0 unspecified atom stereocenters. The highest BCUT2D eigenvalue weighted by Crippen LogP contribution is 2.38. The van der Waals surface area contributed by atoms with Crippen LogP contribution in [0.25, 0.3) is 11.7 Å². The van der Waals surface area contributed by atoms with Crippen molar-refractivity contribution in [1.82, 2.24) is 14.3 Å². The van der Waals surface area contributed by atoms with Crippen LogP contribution in [0.2, 0.25) is 0 Å². The molecule has 0 aromatic carbocycles. The van der Waals surface area contributed by atoms with E-state index in [0.29, 0.717) is 58.8 Å². The van der Waals surface area contributed by atoms with Gasteiger partial charge < -0.3 is 9.64 Å². The highest BCUT2D eigenvalue weighted by molar-refractivity contribution is 8.26. The fraction of sp³-hybridized carbons (Fsp3) is 0.500. The summed E-state index contributed by atoms with van der Waals surface area (Å²) in [7, 11) is 0. The molecule has 0 radical (unpaired) electrons. The molecule has 0 spiro atoms. The van der Waals surface area contributed by atoms with E-state index in [9.17, 15) is 14.4 Å². The summed E-state index contributed by atoms with van der Waals surface area (Å²) < 4.78 is 7.30. The summed E-state index contributed by atoms with van der Waals surface area (Å²) in [5.74, 6) is 0.0892. The third-order valence-corrected chi connectivity index (χ3v) is 8.60. The average Bonchev–Trinajstić information content (AvgIpc) is 3.49. The van der Waals surface area contributed by atoms with E-state index >= 15 is 0 Å². The standard InChI is InChI=1S/C26H30N4O4S2/c1-3-34-25(33)17-10-13-28(14-11-17)22-19(23(31)29-12-6-7-16(2)21(29)27-22)15-20-24(32)30(26(35)36-20)18-8-4-5-9-18/h6-7,12,15,17-18H,3-5,8-11,13-14H2,1-2H3/b20-15-. The van der Waals surface area contributed by atoms with Crippen molar-refractivity contribution in [3.63, 3.8) is 0 Å². The van der Waals surface area contributed by atoms with Crippen LogP contribution in [0, 0.1) is 12.8 Å². The second-order valence-electron chi connectivity index (χ2n) is 9.54. The van der Waals surface area contributed by atoms with E-state index in [1.165, 1.54) is 16.2 Å². The Bertz CT molecular complexity index is 1310. The molecule has 190 valence electrons. The van der Waals surface area contributed by atoms with E-state index < -0.39 is 0 Å². The maximum atomic E-state index is 13.7. The van der Waals surface area contributed by atoms with Crippen molar-refractivity contribution >= 4 is 57.7 Å². The lowest BCUT2D eigenvalue weighted by Crippen LogP contribution is -2.39. The van der Waals surface area contributed by atoms with Crippen molar-refractivity contribution in [2.45, 2.75) is 58.4 Å². The second-order valence-corrected chi connectivity index (χ2v) is 11.2. The van der Waals surface area contributed by atoms with Gasteiger partial charge in [-0.05, 0) is 57.2 Å². The van der Waals surface area contributed by atoms with E-state index in [4.69, 9.17) is 21.9 Å². The SMILES string of the molecule is CCOC(=O)C1CCN(c2nc3c(C)cccn3c(=O)c2/C=C2\SC(=S)N(C3CCCC3)C2=O)CC1. The fourth-order valence-electron chi connectivity index (χ4n) is 5.34. The number of piperidine rings is 1. The number of carbonyl (C=O) groups is 2. The molecule has 1 amide bonds.